The number of benzene rings is 1. The van der Waals surface area contributed by atoms with Gasteiger partial charge in [-0.2, -0.15) is 0 Å². The molecule has 2 heterocycles. The molecule has 3 N–H and O–H groups in total. The Bertz CT molecular complexity index is 1140. The molecule has 1 aliphatic rings. The Labute approximate surface area is 191 Å². The van der Waals surface area contributed by atoms with Crippen molar-refractivity contribution in [3.8, 4) is 0 Å². The zero-order chi connectivity index (χ0) is 23.4. The maximum absolute atomic E-state index is 12.8. The van der Waals surface area contributed by atoms with Crippen molar-refractivity contribution < 1.29 is 9.59 Å². The van der Waals surface area contributed by atoms with E-state index >= 15 is 0 Å². The molecule has 0 fully saturated rings. The highest BCUT2D eigenvalue weighted by atomic mass is 35.5. The van der Waals surface area contributed by atoms with Gasteiger partial charge in [0, 0.05) is 35.0 Å². The molecule has 2 amide bonds. The van der Waals surface area contributed by atoms with Crippen LogP contribution in [0.15, 0.2) is 17.2 Å². The molecule has 9 nitrogen and oxygen atoms in total. The monoisotopic (exact) mass is 455 g/mol. The van der Waals surface area contributed by atoms with E-state index < -0.39 is 0 Å². The summed E-state index contributed by atoms with van der Waals surface area (Å²) >= 11 is 6.12. The number of anilines is 1. The van der Waals surface area contributed by atoms with Gasteiger partial charge in [0.05, 0.1) is 27.5 Å². The third kappa shape index (κ3) is 4.65. The topological polar surface area (TPSA) is 126 Å². The summed E-state index contributed by atoms with van der Waals surface area (Å²) in [5, 5.41) is 9.57. The first-order valence-electron chi connectivity index (χ1n) is 10.4. The Morgan fingerprint density at radius 1 is 1.31 bits per heavy atom. The third-order valence-corrected chi connectivity index (χ3v) is 5.93. The fourth-order valence-electron chi connectivity index (χ4n) is 3.83. The Kier molecular flexibility index (Phi) is 7.25. The molecule has 3 rings (SSSR count). The number of carbonyl (C=O) groups is 2. The molecule has 0 unspecified atom stereocenters. The maximum atomic E-state index is 12.8. The van der Waals surface area contributed by atoms with Gasteiger partial charge in [0.1, 0.15) is 0 Å². The molecule has 0 radical (unpaired) electrons. The highest BCUT2D eigenvalue weighted by Crippen LogP contribution is 2.40. The van der Waals surface area contributed by atoms with Crippen molar-refractivity contribution in [3.05, 3.63) is 55.7 Å². The number of aromatic amines is 1. The molecule has 1 aromatic heterocycles. The number of nitrogens with zero attached hydrogens (tertiary/aromatic N) is 4. The molecule has 2 aromatic rings. The van der Waals surface area contributed by atoms with Crippen LogP contribution in [0.2, 0.25) is 5.02 Å². The molecule has 168 valence electrons. The van der Waals surface area contributed by atoms with Gasteiger partial charge in [-0.15, -0.1) is 0 Å². The van der Waals surface area contributed by atoms with Gasteiger partial charge in [0.2, 0.25) is 0 Å². The molecule has 32 heavy (non-hydrogen) atoms. The molecule has 0 atom stereocenters. The number of likely N-dealkylation sites (N-methyl/N-ethyl adjacent to an activating group) is 1. The van der Waals surface area contributed by atoms with Gasteiger partial charge in [-0.3, -0.25) is 9.59 Å². The predicted molar refractivity (Wildman–Crippen MR) is 127 cm³/mol. The minimum Gasteiger partial charge on any atom is -0.358 e. The van der Waals surface area contributed by atoms with Crippen molar-refractivity contribution in [2.75, 3.05) is 31.5 Å². The van der Waals surface area contributed by atoms with Crippen LogP contribution in [0.4, 0.5) is 11.4 Å². The smallest absolute Gasteiger partial charge is 0.256 e. The number of aromatic nitrogens is 1. The summed E-state index contributed by atoms with van der Waals surface area (Å²) < 4.78 is 0. The van der Waals surface area contributed by atoms with Crippen LogP contribution in [0.25, 0.3) is 22.1 Å². The molecule has 0 bridgehead atoms. The number of aryl methyl sites for hydroxylation is 1. The average Bonchev–Trinajstić information content (AvgIpc) is 3.20. The molecule has 10 heteroatoms. The van der Waals surface area contributed by atoms with Gasteiger partial charge < -0.3 is 20.5 Å². The number of H-pyrrole nitrogens is 1. The number of hydrogen-bond acceptors (Lipinski definition) is 4. The number of halogens is 1. The highest BCUT2D eigenvalue weighted by Gasteiger charge is 2.27. The largest absolute Gasteiger partial charge is 0.358 e. The Hall–Kier alpha value is -3.26. The lowest BCUT2D eigenvalue weighted by Crippen LogP contribution is -2.35. The van der Waals surface area contributed by atoms with Crippen LogP contribution in [0.5, 0.6) is 0 Å². The fraction of sp³-hybridized carbons (Fsp3) is 0.364. The van der Waals surface area contributed by atoms with Gasteiger partial charge in [0.25, 0.3) is 11.8 Å². The number of amides is 2. The second-order valence-corrected chi connectivity index (χ2v) is 7.90. The second-order valence-electron chi connectivity index (χ2n) is 7.50. The standard InChI is InChI=1S/C22H26ClN7O2/c1-5-30(6-2)8-7-25-22(32)20-12(3)17(26-13(20)4)10-15-14-9-19(28-29-24)16(23)11-18(14)27-21(15)31/h9-11,26H,5-8H2,1-4H3,(H,25,32)(H,27,31)/b15-10-. The van der Waals surface area contributed by atoms with E-state index in [1.54, 1.807) is 18.2 Å². The molecular weight excluding hydrogens is 430 g/mol. The quantitative estimate of drug-likeness (QED) is 0.229. The normalized spacial score (nSPS) is 13.8. The van der Waals surface area contributed by atoms with E-state index in [0.717, 1.165) is 30.9 Å². The Morgan fingerprint density at radius 2 is 2.03 bits per heavy atom. The first-order chi connectivity index (χ1) is 15.3. The minimum absolute atomic E-state index is 0.151. The van der Waals surface area contributed by atoms with Crippen LogP contribution in [0.1, 0.15) is 46.7 Å². The second kappa shape index (κ2) is 9.91. The highest BCUT2D eigenvalue weighted by molar-refractivity contribution is 6.37. The first-order valence-corrected chi connectivity index (χ1v) is 10.8. The summed E-state index contributed by atoms with van der Waals surface area (Å²) in [6.45, 7) is 11.1. The Morgan fingerprint density at radius 3 is 2.69 bits per heavy atom. The zero-order valence-corrected chi connectivity index (χ0v) is 19.3. The lowest BCUT2D eigenvalue weighted by molar-refractivity contribution is -0.110. The zero-order valence-electron chi connectivity index (χ0n) is 18.5. The van der Waals surface area contributed by atoms with E-state index in [0.29, 0.717) is 34.6 Å². The fourth-order valence-corrected chi connectivity index (χ4v) is 4.03. The van der Waals surface area contributed by atoms with E-state index in [9.17, 15) is 9.59 Å². The predicted octanol–water partition coefficient (Wildman–Crippen LogP) is 4.79. The van der Waals surface area contributed by atoms with Crippen LogP contribution in [-0.2, 0) is 4.79 Å². The van der Waals surface area contributed by atoms with Crippen molar-refractivity contribution in [2.45, 2.75) is 27.7 Å². The molecular formula is C22H26ClN7O2. The number of fused-ring (bicyclic) bond motifs is 1. The average molecular weight is 456 g/mol. The van der Waals surface area contributed by atoms with Gasteiger partial charge in [0.15, 0.2) is 0 Å². The van der Waals surface area contributed by atoms with Crippen LogP contribution < -0.4 is 10.6 Å². The van der Waals surface area contributed by atoms with Crippen molar-refractivity contribution >= 4 is 46.4 Å². The maximum Gasteiger partial charge on any atom is 0.256 e. The van der Waals surface area contributed by atoms with E-state index in [2.05, 4.69) is 44.4 Å². The van der Waals surface area contributed by atoms with Crippen LogP contribution in [0.3, 0.4) is 0 Å². The molecule has 0 spiro atoms. The van der Waals surface area contributed by atoms with Crippen molar-refractivity contribution in [1.82, 2.24) is 15.2 Å². The molecule has 0 saturated heterocycles. The van der Waals surface area contributed by atoms with Gasteiger partial charge in [-0.05, 0) is 56.2 Å². The Balaban J connectivity index is 1.90. The van der Waals surface area contributed by atoms with Crippen LogP contribution in [-0.4, -0.2) is 47.9 Å². The summed E-state index contributed by atoms with van der Waals surface area (Å²) in [5.41, 5.74) is 13.2. The van der Waals surface area contributed by atoms with Gasteiger partial charge in [-0.1, -0.05) is 30.6 Å². The third-order valence-electron chi connectivity index (χ3n) is 5.62. The molecule has 0 saturated carbocycles. The molecule has 1 aromatic carbocycles. The summed E-state index contributed by atoms with van der Waals surface area (Å²) in [6, 6.07) is 3.13. The SMILES string of the molecule is CCN(CC)CCNC(=O)c1c(C)[nH]c(/C=C2\C(=O)Nc3cc(Cl)c(N=[N+]=[N-])cc32)c1C. The summed E-state index contributed by atoms with van der Waals surface area (Å²) in [7, 11) is 0. The number of hydrogen-bond donors (Lipinski definition) is 3. The molecule has 1 aliphatic heterocycles. The number of azide groups is 1. The number of carbonyl (C=O) groups excluding carboxylic acids is 2. The number of rotatable bonds is 8. The lowest BCUT2D eigenvalue weighted by atomic mass is 10.0. The van der Waals surface area contributed by atoms with E-state index in [1.165, 1.54) is 0 Å². The van der Waals surface area contributed by atoms with E-state index in [4.69, 9.17) is 17.1 Å². The van der Waals surface area contributed by atoms with Crippen LogP contribution in [0, 0.1) is 13.8 Å². The van der Waals surface area contributed by atoms with E-state index in [-0.39, 0.29) is 22.5 Å². The lowest BCUT2D eigenvalue weighted by Gasteiger charge is -2.18. The molecule has 0 aliphatic carbocycles. The van der Waals surface area contributed by atoms with Crippen molar-refractivity contribution in [1.29, 1.82) is 0 Å². The van der Waals surface area contributed by atoms with Crippen molar-refractivity contribution in [3.63, 3.8) is 0 Å². The van der Waals surface area contributed by atoms with Crippen LogP contribution >= 0.6 is 11.6 Å². The summed E-state index contributed by atoms with van der Waals surface area (Å²) in [6.07, 6.45) is 1.70. The summed E-state index contributed by atoms with van der Waals surface area (Å²) in [5.74, 6) is -0.451. The van der Waals surface area contributed by atoms with E-state index in [1.807, 2.05) is 13.8 Å². The number of nitrogens with one attached hydrogen (secondary N) is 3. The van der Waals surface area contributed by atoms with Gasteiger partial charge in [-0.25, -0.2) is 0 Å². The summed E-state index contributed by atoms with van der Waals surface area (Å²) in [4.78, 5) is 33.6. The van der Waals surface area contributed by atoms with Crippen molar-refractivity contribution in [2.24, 2.45) is 5.11 Å². The van der Waals surface area contributed by atoms with Gasteiger partial charge >= 0.3 is 0 Å². The first kappa shape index (κ1) is 23.4. The minimum atomic E-state index is -0.300.